The summed E-state index contributed by atoms with van der Waals surface area (Å²) in [6.45, 7) is 0. The second kappa shape index (κ2) is 6.97. The molecular weight excluding hydrogens is 421 g/mol. The van der Waals surface area contributed by atoms with Crippen molar-refractivity contribution in [2.75, 3.05) is 0 Å². The van der Waals surface area contributed by atoms with Gasteiger partial charge in [-0.25, -0.2) is 18.2 Å². The number of halogens is 8. The van der Waals surface area contributed by atoms with Gasteiger partial charge in [0.15, 0.2) is 16.8 Å². The normalized spacial score (nSPS) is 11.7. The number of hydrogen-bond donors (Lipinski definition) is 0. The van der Waals surface area contributed by atoms with Crippen molar-refractivity contribution in [3.05, 3.63) is 64.3 Å². The van der Waals surface area contributed by atoms with Crippen LogP contribution in [-0.4, -0.2) is 15.9 Å². The SMILES string of the molecule is Fc1ccc(F)c(-c2c(Cl)nc(Cl)n2-c2ccc(OC(F)(F)F)cc2)c1F. The van der Waals surface area contributed by atoms with Crippen molar-refractivity contribution in [2.45, 2.75) is 6.36 Å². The van der Waals surface area contributed by atoms with Gasteiger partial charge in [0.25, 0.3) is 0 Å². The van der Waals surface area contributed by atoms with Crippen molar-refractivity contribution < 1.29 is 31.1 Å². The molecule has 0 saturated heterocycles. The molecule has 0 spiro atoms. The van der Waals surface area contributed by atoms with Crippen LogP contribution in [0.15, 0.2) is 36.4 Å². The molecule has 0 aliphatic heterocycles. The lowest BCUT2D eigenvalue weighted by Crippen LogP contribution is -2.17. The van der Waals surface area contributed by atoms with Gasteiger partial charge in [0, 0.05) is 5.69 Å². The Hall–Kier alpha value is -2.39. The summed E-state index contributed by atoms with van der Waals surface area (Å²) in [5.41, 5.74) is -1.16. The second-order valence-electron chi connectivity index (χ2n) is 5.12. The van der Waals surface area contributed by atoms with Crippen LogP contribution in [0.5, 0.6) is 5.75 Å². The summed E-state index contributed by atoms with van der Waals surface area (Å²) in [4.78, 5) is 3.68. The van der Waals surface area contributed by atoms with Crippen LogP contribution in [-0.2, 0) is 0 Å². The number of nitrogens with zero attached hydrogens (tertiary/aromatic N) is 2. The van der Waals surface area contributed by atoms with E-state index in [4.69, 9.17) is 23.2 Å². The average Bonchev–Trinajstić information content (AvgIpc) is 2.85. The van der Waals surface area contributed by atoms with Crippen molar-refractivity contribution >= 4 is 23.2 Å². The minimum atomic E-state index is -4.89. The summed E-state index contributed by atoms with van der Waals surface area (Å²) in [5, 5.41) is -0.776. The predicted octanol–water partition coefficient (Wildman–Crippen LogP) is 6.16. The second-order valence-corrected chi connectivity index (χ2v) is 5.81. The Morgan fingerprint density at radius 3 is 2.07 bits per heavy atom. The van der Waals surface area contributed by atoms with Gasteiger partial charge in [-0.3, -0.25) is 4.57 Å². The Bertz CT molecular complexity index is 1000. The Balaban J connectivity index is 2.15. The zero-order chi connectivity index (χ0) is 19.9. The van der Waals surface area contributed by atoms with Crippen molar-refractivity contribution in [1.29, 1.82) is 0 Å². The maximum absolute atomic E-state index is 14.2. The molecule has 2 aromatic carbocycles. The molecule has 0 amide bonds. The zero-order valence-corrected chi connectivity index (χ0v) is 14.3. The van der Waals surface area contributed by atoms with Gasteiger partial charge in [-0.2, -0.15) is 0 Å². The van der Waals surface area contributed by atoms with Crippen LogP contribution in [0.25, 0.3) is 16.9 Å². The van der Waals surface area contributed by atoms with Crippen molar-refractivity contribution in [3.63, 3.8) is 0 Å². The lowest BCUT2D eigenvalue weighted by molar-refractivity contribution is -0.274. The van der Waals surface area contributed by atoms with Crippen LogP contribution >= 0.6 is 23.2 Å². The zero-order valence-electron chi connectivity index (χ0n) is 12.8. The molecule has 1 aromatic heterocycles. The minimum Gasteiger partial charge on any atom is -0.406 e. The summed E-state index contributed by atoms with van der Waals surface area (Å²) in [6, 6.07) is 5.45. The maximum Gasteiger partial charge on any atom is 0.573 e. The van der Waals surface area contributed by atoms with Crippen LogP contribution in [0.1, 0.15) is 0 Å². The fourth-order valence-electron chi connectivity index (χ4n) is 2.36. The molecule has 3 nitrogen and oxygen atoms in total. The smallest absolute Gasteiger partial charge is 0.406 e. The first-order valence-electron chi connectivity index (χ1n) is 7.02. The fourth-order valence-corrected chi connectivity index (χ4v) is 2.93. The molecule has 1 heterocycles. The summed E-state index contributed by atoms with van der Waals surface area (Å²) in [7, 11) is 0. The van der Waals surface area contributed by atoms with Crippen molar-refractivity contribution in [3.8, 4) is 22.7 Å². The average molecular weight is 427 g/mol. The number of ether oxygens (including phenoxy) is 1. The topological polar surface area (TPSA) is 27.1 Å². The number of benzene rings is 2. The summed E-state index contributed by atoms with van der Waals surface area (Å²) in [6.07, 6.45) is -4.89. The molecule has 11 heteroatoms. The molecule has 0 N–H and O–H groups in total. The molecule has 27 heavy (non-hydrogen) atoms. The van der Waals surface area contributed by atoms with Crippen LogP contribution in [0.2, 0.25) is 10.4 Å². The number of rotatable bonds is 3. The first-order chi connectivity index (χ1) is 12.6. The molecule has 0 unspecified atom stereocenters. The van der Waals surface area contributed by atoms with E-state index in [1.165, 1.54) is 0 Å². The van der Waals surface area contributed by atoms with E-state index in [2.05, 4.69) is 9.72 Å². The molecule has 142 valence electrons. The first-order valence-corrected chi connectivity index (χ1v) is 7.78. The summed E-state index contributed by atoms with van der Waals surface area (Å²) in [5.74, 6) is -4.52. The highest BCUT2D eigenvalue weighted by atomic mass is 35.5. The van der Waals surface area contributed by atoms with E-state index >= 15 is 0 Å². The fraction of sp³-hybridized carbons (Fsp3) is 0.0625. The van der Waals surface area contributed by atoms with E-state index in [1.807, 2.05) is 0 Å². The van der Waals surface area contributed by atoms with Gasteiger partial charge in [-0.1, -0.05) is 11.6 Å². The predicted molar refractivity (Wildman–Crippen MR) is 85.6 cm³/mol. The van der Waals surface area contributed by atoms with E-state index in [9.17, 15) is 26.3 Å². The third-order valence-corrected chi connectivity index (χ3v) is 3.92. The van der Waals surface area contributed by atoms with Gasteiger partial charge in [-0.15, -0.1) is 13.2 Å². The molecule has 0 saturated carbocycles. The van der Waals surface area contributed by atoms with Gasteiger partial charge < -0.3 is 4.74 Å². The number of aromatic nitrogens is 2. The lowest BCUT2D eigenvalue weighted by Gasteiger charge is -2.13. The van der Waals surface area contributed by atoms with E-state index in [0.29, 0.717) is 12.1 Å². The highest BCUT2D eigenvalue weighted by molar-refractivity contribution is 6.34. The van der Waals surface area contributed by atoms with Gasteiger partial charge >= 0.3 is 6.36 Å². The molecule has 3 rings (SSSR count). The van der Waals surface area contributed by atoms with Crippen LogP contribution in [0.4, 0.5) is 26.3 Å². The van der Waals surface area contributed by atoms with Crippen LogP contribution < -0.4 is 4.74 Å². The maximum atomic E-state index is 14.2. The standard InChI is InChI=1S/C16H6Cl2F6N2O/c17-14-13(11-9(19)5-6-10(20)12(11)21)26(15(18)25-14)7-1-3-8(4-2-7)27-16(22,23)24/h1-6H. The molecule has 0 bridgehead atoms. The lowest BCUT2D eigenvalue weighted by atomic mass is 10.1. The van der Waals surface area contributed by atoms with Gasteiger partial charge in [0.05, 0.1) is 11.3 Å². The molecule has 0 aliphatic carbocycles. The first kappa shape index (κ1) is 19.4. The molecule has 0 atom stereocenters. The monoisotopic (exact) mass is 426 g/mol. The highest BCUT2D eigenvalue weighted by Gasteiger charge is 2.31. The third kappa shape index (κ3) is 3.84. The van der Waals surface area contributed by atoms with E-state index < -0.39 is 46.0 Å². The molecule has 0 radical (unpaired) electrons. The van der Waals surface area contributed by atoms with Crippen molar-refractivity contribution in [2.24, 2.45) is 0 Å². The summed E-state index contributed by atoms with van der Waals surface area (Å²) >= 11 is 11.8. The Labute approximate surface area is 157 Å². The Kier molecular flexibility index (Phi) is 5.00. The van der Waals surface area contributed by atoms with Gasteiger partial charge in [0.2, 0.25) is 5.28 Å². The number of alkyl halides is 3. The minimum absolute atomic E-state index is 0.0620. The van der Waals surface area contributed by atoms with Crippen molar-refractivity contribution in [1.82, 2.24) is 9.55 Å². The van der Waals surface area contributed by atoms with Crippen LogP contribution in [0.3, 0.4) is 0 Å². The quantitative estimate of drug-likeness (QED) is 0.370. The van der Waals surface area contributed by atoms with E-state index in [-0.39, 0.29) is 11.0 Å². The van der Waals surface area contributed by atoms with Crippen LogP contribution in [0, 0.1) is 17.5 Å². The highest BCUT2D eigenvalue weighted by Crippen LogP contribution is 2.37. The van der Waals surface area contributed by atoms with Gasteiger partial charge in [0.1, 0.15) is 11.6 Å². The Morgan fingerprint density at radius 1 is 0.889 bits per heavy atom. The molecule has 0 aliphatic rings. The largest absolute Gasteiger partial charge is 0.573 e. The third-order valence-electron chi connectivity index (χ3n) is 3.40. The number of imidazole rings is 1. The summed E-state index contributed by atoms with van der Waals surface area (Å²) < 4.78 is 83.3. The Morgan fingerprint density at radius 2 is 1.48 bits per heavy atom. The molecular formula is C16H6Cl2F6N2O. The van der Waals surface area contributed by atoms with Gasteiger partial charge in [-0.05, 0) is 48.0 Å². The van der Waals surface area contributed by atoms with E-state index in [1.54, 1.807) is 0 Å². The molecule has 3 aromatic rings. The number of hydrogen-bond acceptors (Lipinski definition) is 2. The van der Waals surface area contributed by atoms with E-state index in [0.717, 1.165) is 28.8 Å². The molecule has 0 fully saturated rings.